The summed E-state index contributed by atoms with van der Waals surface area (Å²) in [4.78, 5) is 24.4. The first-order valence-electron chi connectivity index (χ1n) is 10.2. The molecule has 4 heteroatoms. The highest BCUT2D eigenvalue weighted by molar-refractivity contribution is 5.87. The van der Waals surface area contributed by atoms with Crippen LogP contribution in [0.15, 0.2) is 11.6 Å². The molecule has 0 aromatic heterocycles. The van der Waals surface area contributed by atoms with Gasteiger partial charge in [0.15, 0.2) is 5.78 Å². The molecule has 0 bridgehead atoms. The lowest BCUT2D eigenvalue weighted by Crippen LogP contribution is -2.57. The van der Waals surface area contributed by atoms with Crippen molar-refractivity contribution < 1.29 is 19.1 Å². The Bertz CT molecular complexity index is 700. The van der Waals surface area contributed by atoms with Crippen LogP contribution in [0.1, 0.15) is 66.2 Å². The number of halogens is 1. The van der Waals surface area contributed by atoms with Gasteiger partial charge in [0, 0.05) is 24.2 Å². The third-order valence-electron chi connectivity index (χ3n) is 8.94. The summed E-state index contributed by atoms with van der Waals surface area (Å²) in [5.41, 5.74) is -0.796. The molecule has 144 valence electrons. The Morgan fingerprint density at radius 2 is 1.96 bits per heavy atom. The number of fused-ring (bicyclic) bond motifs is 5. The molecule has 0 heterocycles. The lowest BCUT2D eigenvalue weighted by molar-refractivity contribution is -0.157. The van der Waals surface area contributed by atoms with Gasteiger partial charge in [-0.05, 0) is 55.8 Å². The number of ketones is 2. The molecule has 0 aromatic carbocycles. The van der Waals surface area contributed by atoms with Crippen LogP contribution in [-0.2, 0) is 9.59 Å². The van der Waals surface area contributed by atoms with E-state index < -0.39 is 17.2 Å². The Balaban J connectivity index is 1.78. The van der Waals surface area contributed by atoms with E-state index in [1.807, 2.05) is 13.8 Å². The average Bonchev–Trinajstić information content (AvgIpc) is 2.78. The average molecular weight is 362 g/mol. The van der Waals surface area contributed by atoms with Crippen LogP contribution in [0.2, 0.25) is 0 Å². The molecule has 0 amide bonds. The standard InChI is InChI=1S/C22H31FO3/c1-12-9-17-15-11-19(23)18-10-14(25)5-7-20(18,3)16(15)6-8-21(17,4)22(12,26)13(2)24/h6,12,15,17-19,26H,5,7-11H2,1-4H3/t12?,15-,17+,18?,19?,20-,21+,22+/m1/s1. The Morgan fingerprint density at radius 3 is 2.62 bits per heavy atom. The molecular formula is C22H31FO3. The van der Waals surface area contributed by atoms with Crippen LogP contribution < -0.4 is 0 Å². The second kappa shape index (κ2) is 5.50. The summed E-state index contributed by atoms with van der Waals surface area (Å²) in [6.07, 6.45) is 4.72. The van der Waals surface area contributed by atoms with Gasteiger partial charge in [-0.25, -0.2) is 4.39 Å². The molecule has 3 nitrogen and oxygen atoms in total. The maximum absolute atomic E-state index is 15.2. The topological polar surface area (TPSA) is 54.4 Å². The quantitative estimate of drug-likeness (QED) is 0.717. The lowest BCUT2D eigenvalue weighted by atomic mass is 9.48. The number of hydrogen-bond donors (Lipinski definition) is 1. The number of alkyl halides is 1. The van der Waals surface area contributed by atoms with Gasteiger partial charge in [0.1, 0.15) is 17.6 Å². The first kappa shape index (κ1) is 18.3. The maximum Gasteiger partial charge on any atom is 0.162 e. The highest BCUT2D eigenvalue weighted by atomic mass is 19.1. The third kappa shape index (κ3) is 2.03. The van der Waals surface area contributed by atoms with E-state index in [-0.39, 0.29) is 40.7 Å². The molecule has 1 N–H and O–H groups in total. The van der Waals surface area contributed by atoms with E-state index in [1.165, 1.54) is 12.5 Å². The third-order valence-corrected chi connectivity index (χ3v) is 8.94. The minimum atomic E-state index is -1.33. The molecule has 4 aliphatic carbocycles. The maximum atomic E-state index is 15.2. The number of Topliss-reactive ketones (excluding diaryl/α,β-unsaturated/α-hetero) is 2. The van der Waals surface area contributed by atoms with E-state index >= 15 is 4.39 Å². The van der Waals surface area contributed by atoms with Crippen LogP contribution in [0.4, 0.5) is 4.39 Å². The molecule has 0 radical (unpaired) electrons. The van der Waals surface area contributed by atoms with Gasteiger partial charge in [-0.2, -0.15) is 0 Å². The van der Waals surface area contributed by atoms with Gasteiger partial charge in [0.2, 0.25) is 0 Å². The normalized spacial score (nSPS) is 53.4. The lowest BCUT2D eigenvalue weighted by Gasteiger charge is -2.57. The fourth-order valence-corrected chi connectivity index (χ4v) is 7.41. The van der Waals surface area contributed by atoms with Gasteiger partial charge >= 0.3 is 0 Å². The number of aliphatic hydroxyl groups is 1. The van der Waals surface area contributed by atoms with Crippen molar-refractivity contribution in [2.45, 2.75) is 78.0 Å². The van der Waals surface area contributed by atoms with Crippen molar-refractivity contribution in [3.05, 3.63) is 11.6 Å². The molecule has 8 atom stereocenters. The molecule has 4 aliphatic rings. The molecule has 0 saturated heterocycles. The van der Waals surface area contributed by atoms with Crippen LogP contribution in [0.3, 0.4) is 0 Å². The van der Waals surface area contributed by atoms with Gasteiger partial charge in [-0.15, -0.1) is 0 Å². The highest BCUT2D eigenvalue weighted by Crippen LogP contribution is 2.67. The van der Waals surface area contributed by atoms with Gasteiger partial charge in [0.25, 0.3) is 0 Å². The number of rotatable bonds is 1. The van der Waals surface area contributed by atoms with Crippen LogP contribution in [0.5, 0.6) is 0 Å². The van der Waals surface area contributed by atoms with Crippen LogP contribution >= 0.6 is 0 Å². The van der Waals surface area contributed by atoms with Gasteiger partial charge < -0.3 is 5.11 Å². The fourth-order valence-electron chi connectivity index (χ4n) is 7.41. The molecule has 3 fully saturated rings. The van der Waals surface area contributed by atoms with Crippen molar-refractivity contribution in [2.24, 2.45) is 34.5 Å². The van der Waals surface area contributed by atoms with Gasteiger partial charge in [-0.1, -0.05) is 32.4 Å². The summed E-state index contributed by atoms with van der Waals surface area (Å²) in [6.45, 7) is 7.63. The second-order valence-electron chi connectivity index (χ2n) is 9.97. The van der Waals surface area contributed by atoms with E-state index in [0.717, 1.165) is 12.8 Å². The molecule has 3 saturated carbocycles. The largest absolute Gasteiger partial charge is 0.381 e. The molecule has 0 spiro atoms. The number of carbonyl (C=O) groups is 2. The summed E-state index contributed by atoms with van der Waals surface area (Å²) >= 11 is 0. The van der Waals surface area contributed by atoms with Crippen molar-refractivity contribution in [3.8, 4) is 0 Å². The molecule has 3 unspecified atom stereocenters. The molecule has 4 rings (SSSR count). The fraction of sp³-hybridized carbons (Fsp3) is 0.818. The smallest absolute Gasteiger partial charge is 0.162 e. The molecule has 0 aliphatic heterocycles. The monoisotopic (exact) mass is 362 g/mol. The molecule has 26 heavy (non-hydrogen) atoms. The van der Waals surface area contributed by atoms with Crippen molar-refractivity contribution in [3.63, 3.8) is 0 Å². The molecular weight excluding hydrogens is 331 g/mol. The molecule has 0 aromatic rings. The Hall–Kier alpha value is -1.03. The van der Waals surface area contributed by atoms with E-state index in [9.17, 15) is 14.7 Å². The Labute approximate surface area is 155 Å². The number of hydrogen-bond acceptors (Lipinski definition) is 3. The summed E-state index contributed by atoms with van der Waals surface area (Å²) in [5.74, 6) is -0.0865. The van der Waals surface area contributed by atoms with Crippen LogP contribution in [0, 0.1) is 34.5 Å². The predicted molar refractivity (Wildman–Crippen MR) is 97.2 cm³/mol. The summed E-state index contributed by atoms with van der Waals surface area (Å²) in [5, 5.41) is 11.4. The van der Waals surface area contributed by atoms with Crippen molar-refractivity contribution in [1.29, 1.82) is 0 Å². The Kier molecular flexibility index (Phi) is 3.88. The summed E-state index contributed by atoms with van der Waals surface area (Å²) < 4.78 is 15.2. The highest BCUT2D eigenvalue weighted by Gasteiger charge is 2.67. The van der Waals surface area contributed by atoms with Gasteiger partial charge in [0.05, 0.1) is 0 Å². The minimum absolute atomic E-state index is 0.0778. The van der Waals surface area contributed by atoms with Crippen LogP contribution in [-0.4, -0.2) is 28.4 Å². The first-order chi connectivity index (χ1) is 12.1. The van der Waals surface area contributed by atoms with E-state index in [2.05, 4.69) is 13.0 Å². The summed E-state index contributed by atoms with van der Waals surface area (Å²) in [7, 11) is 0. The number of carbonyl (C=O) groups excluding carboxylic acids is 2. The zero-order chi connectivity index (χ0) is 19.1. The van der Waals surface area contributed by atoms with E-state index in [4.69, 9.17) is 0 Å². The van der Waals surface area contributed by atoms with Crippen LogP contribution in [0.25, 0.3) is 0 Å². The zero-order valence-corrected chi connectivity index (χ0v) is 16.3. The van der Waals surface area contributed by atoms with E-state index in [0.29, 0.717) is 25.7 Å². The van der Waals surface area contributed by atoms with Crippen molar-refractivity contribution >= 4 is 11.6 Å². The first-order valence-corrected chi connectivity index (χ1v) is 10.2. The van der Waals surface area contributed by atoms with Crippen molar-refractivity contribution in [2.75, 3.05) is 0 Å². The zero-order valence-electron chi connectivity index (χ0n) is 16.3. The summed E-state index contributed by atoms with van der Waals surface area (Å²) in [6, 6.07) is 0. The SMILES string of the molecule is CC(=O)[C@@]1(O)C(C)C[C@H]2[C@@H]3CC(F)C4CC(=O)CC[C@]4(C)C3=CC[C@@]21C. The predicted octanol–water partition coefficient (Wildman–Crippen LogP) is 4.03. The number of allylic oxidation sites excluding steroid dienone is 2. The Morgan fingerprint density at radius 1 is 1.27 bits per heavy atom. The minimum Gasteiger partial charge on any atom is -0.381 e. The van der Waals surface area contributed by atoms with Crippen molar-refractivity contribution in [1.82, 2.24) is 0 Å². The van der Waals surface area contributed by atoms with E-state index in [1.54, 1.807) is 0 Å². The van der Waals surface area contributed by atoms with Gasteiger partial charge in [-0.3, -0.25) is 9.59 Å². The second-order valence-corrected chi connectivity index (χ2v) is 9.97.